The number of rotatable bonds is 7. The lowest BCUT2D eigenvalue weighted by Gasteiger charge is -2.24. The van der Waals surface area contributed by atoms with Gasteiger partial charge in [0.05, 0.1) is 31.0 Å². The summed E-state index contributed by atoms with van der Waals surface area (Å²) in [6, 6.07) is 9.14. The summed E-state index contributed by atoms with van der Waals surface area (Å²) in [7, 11) is 1.72. The molecule has 0 saturated heterocycles. The number of aliphatic hydroxyl groups excluding tert-OH is 1. The molecule has 7 heteroatoms. The topological polar surface area (TPSA) is 102 Å². The van der Waals surface area contributed by atoms with Gasteiger partial charge in [0.15, 0.2) is 0 Å². The van der Waals surface area contributed by atoms with Gasteiger partial charge in [-0.2, -0.15) is 0 Å². The normalized spacial score (nSPS) is 11.9. The number of hydrogen-bond donors (Lipinski definition) is 3. The van der Waals surface area contributed by atoms with Gasteiger partial charge in [0.2, 0.25) is 0 Å². The number of nitrogen functional groups attached to an aromatic ring is 1. The number of benzene rings is 2. The first-order valence-electron chi connectivity index (χ1n) is 8.72. The van der Waals surface area contributed by atoms with Crippen molar-refractivity contribution >= 4 is 28.9 Å². The average molecular weight is 392 g/mol. The predicted molar refractivity (Wildman–Crippen MR) is 109 cm³/mol. The smallest absolute Gasteiger partial charge is 0.306 e. The second kappa shape index (κ2) is 9.08. The first-order chi connectivity index (χ1) is 12.8. The van der Waals surface area contributed by atoms with E-state index < -0.39 is 0 Å². The molecule has 5 N–H and O–H groups in total. The molecule has 0 radical (unpaired) electrons. The van der Waals surface area contributed by atoms with Gasteiger partial charge in [-0.25, -0.2) is 5.84 Å². The maximum Gasteiger partial charge on any atom is 0.306 e. The summed E-state index contributed by atoms with van der Waals surface area (Å²) in [5.41, 5.74) is 10.7. The van der Waals surface area contributed by atoms with Crippen molar-refractivity contribution in [3.8, 4) is 0 Å². The first-order valence-corrected chi connectivity index (χ1v) is 9.10. The molecule has 0 aliphatic rings. The Morgan fingerprint density at radius 3 is 2.63 bits per heavy atom. The molecule has 0 heterocycles. The minimum atomic E-state index is -0.305. The lowest BCUT2D eigenvalue weighted by Crippen LogP contribution is -2.26. The van der Waals surface area contributed by atoms with Gasteiger partial charge < -0.3 is 20.6 Å². The standard InChI is InChI=1S/C20H26ClN3O3/c1-4-27-19(26)10-16(13-5-7-17(21)14(9-13)11-25)15-6-8-18(24(3)23)20(22)12(15)2/h5-9,16,25H,4,10-11,22-23H2,1-3H3. The van der Waals surface area contributed by atoms with E-state index in [0.717, 1.165) is 16.7 Å². The van der Waals surface area contributed by atoms with Crippen LogP contribution in [-0.2, 0) is 16.1 Å². The Labute approximate surface area is 164 Å². The molecule has 146 valence electrons. The highest BCUT2D eigenvalue weighted by atomic mass is 35.5. The van der Waals surface area contributed by atoms with E-state index in [9.17, 15) is 9.90 Å². The zero-order chi connectivity index (χ0) is 20.1. The van der Waals surface area contributed by atoms with Crippen molar-refractivity contribution < 1.29 is 14.6 Å². The van der Waals surface area contributed by atoms with Gasteiger partial charge in [0.25, 0.3) is 0 Å². The summed E-state index contributed by atoms with van der Waals surface area (Å²) in [6.45, 7) is 3.80. The first kappa shape index (κ1) is 21.0. The number of carbonyl (C=O) groups is 1. The fourth-order valence-corrected chi connectivity index (χ4v) is 3.32. The van der Waals surface area contributed by atoms with Crippen LogP contribution in [0.4, 0.5) is 11.4 Å². The Hall–Kier alpha value is -2.28. The van der Waals surface area contributed by atoms with Crippen molar-refractivity contribution in [2.75, 3.05) is 24.4 Å². The van der Waals surface area contributed by atoms with Gasteiger partial charge in [-0.15, -0.1) is 0 Å². The van der Waals surface area contributed by atoms with Crippen LogP contribution in [0.5, 0.6) is 0 Å². The molecule has 1 atom stereocenters. The van der Waals surface area contributed by atoms with E-state index in [1.54, 1.807) is 20.0 Å². The van der Waals surface area contributed by atoms with Gasteiger partial charge in [-0.05, 0) is 48.2 Å². The predicted octanol–water partition coefficient (Wildman–Crippen LogP) is 3.12. The third-order valence-electron chi connectivity index (χ3n) is 4.61. The molecule has 27 heavy (non-hydrogen) atoms. The highest BCUT2D eigenvalue weighted by Crippen LogP contribution is 2.37. The summed E-state index contributed by atoms with van der Waals surface area (Å²) in [6.07, 6.45) is 0.151. The third kappa shape index (κ3) is 4.71. The van der Waals surface area contributed by atoms with Gasteiger partial charge in [0, 0.05) is 18.0 Å². The summed E-state index contributed by atoms with van der Waals surface area (Å²) in [5.74, 6) is 5.24. The maximum absolute atomic E-state index is 12.2. The quantitative estimate of drug-likeness (QED) is 0.290. The lowest BCUT2D eigenvalue weighted by molar-refractivity contribution is -0.143. The SMILES string of the molecule is CCOC(=O)CC(c1ccc(Cl)c(CO)c1)c1ccc(N(C)N)c(N)c1C. The van der Waals surface area contributed by atoms with Crippen molar-refractivity contribution in [1.82, 2.24) is 0 Å². The Bertz CT molecular complexity index is 824. The average Bonchev–Trinajstić information content (AvgIpc) is 2.63. The number of hydrazine groups is 1. The van der Waals surface area contributed by atoms with Crippen LogP contribution in [0.15, 0.2) is 30.3 Å². The molecule has 0 amide bonds. The monoisotopic (exact) mass is 391 g/mol. The van der Waals surface area contributed by atoms with Crippen molar-refractivity contribution in [2.24, 2.45) is 5.84 Å². The number of aliphatic hydroxyl groups is 1. The van der Waals surface area contributed by atoms with Crippen LogP contribution in [0.3, 0.4) is 0 Å². The van der Waals surface area contributed by atoms with Crippen LogP contribution in [0.1, 0.15) is 41.5 Å². The Morgan fingerprint density at radius 2 is 2.04 bits per heavy atom. The summed E-state index contributed by atoms with van der Waals surface area (Å²) in [4.78, 5) is 12.2. The molecule has 0 aliphatic heterocycles. The van der Waals surface area contributed by atoms with E-state index in [-0.39, 0.29) is 24.9 Å². The number of ether oxygens (including phenoxy) is 1. The van der Waals surface area contributed by atoms with E-state index >= 15 is 0 Å². The van der Waals surface area contributed by atoms with Crippen molar-refractivity contribution in [1.29, 1.82) is 0 Å². The van der Waals surface area contributed by atoms with Crippen LogP contribution in [0, 0.1) is 6.92 Å². The summed E-state index contributed by atoms with van der Waals surface area (Å²) >= 11 is 6.12. The van der Waals surface area contributed by atoms with E-state index in [2.05, 4.69) is 0 Å². The maximum atomic E-state index is 12.2. The molecule has 0 aromatic heterocycles. The van der Waals surface area contributed by atoms with Gasteiger partial charge >= 0.3 is 5.97 Å². The molecule has 1 unspecified atom stereocenters. The minimum absolute atomic E-state index is 0.151. The number of carbonyl (C=O) groups excluding carboxylic acids is 1. The Balaban J connectivity index is 2.57. The molecule has 0 fully saturated rings. The molecule has 0 bridgehead atoms. The van der Waals surface area contributed by atoms with Crippen molar-refractivity contribution in [3.05, 3.63) is 57.6 Å². The van der Waals surface area contributed by atoms with E-state index in [1.807, 2.05) is 31.2 Å². The van der Waals surface area contributed by atoms with Crippen LogP contribution in [-0.4, -0.2) is 24.7 Å². The van der Waals surface area contributed by atoms with E-state index in [0.29, 0.717) is 28.6 Å². The van der Waals surface area contributed by atoms with Gasteiger partial charge in [-0.3, -0.25) is 4.79 Å². The van der Waals surface area contributed by atoms with Gasteiger partial charge in [-0.1, -0.05) is 29.8 Å². The summed E-state index contributed by atoms with van der Waals surface area (Å²) < 4.78 is 5.15. The molecule has 0 spiro atoms. The lowest BCUT2D eigenvalue weighted by atomic mass is 9.84. The molecule has 6 nitrogen and oxygen atoms in total. The molecular formula is C20H26ClN3O3. The molecule has 2 aromatic rings. The number of esters is 1. The summed E-state index contributed by atoms with van der Waals surface area (Å²) in [5, 5.41) is 11.5. The van der Waals surface area contributed by atoms with Crippen LogP contribution < -0.4 is 16.6 Å². The second-order valence-electron chi connectivity index (χ2n) is 6.39. The number of hydrogen-bond acceptors (Lipinski definition) is 6. The van der Waals surface area contributed by atoms with E-state index in [4.69, 9.17) is 27.9 Å². The molecule has 2 rings (SSSR count). The Kier molecular flexibility index (Phi) is 7.07. The van der Waals surface area contributed by atoms with E-state index in [1.165, 1.54) is 5.01 Å². The minimum Gasteiger partial charge on any atom is -0.466 e. The molecule has 0 saturated carbocycles. The van der Waals surface area contributed by atoms with Crippen LogP contribution in [0.25, 0.3) is 0 Å². The highest BCUT2D eigenvalue weighted by molar-refractivity contribution is 6.31. The van der Waals surface area contributed by atoms with Crippen LogP contribution >= 0.6 is 11.6 Å². The molecular weight excluding hydrogens is 366 g/mol. The van der Waals surface area contributed by atoms with Crippen molar-refractivity contribution in [3.63, 3.8) is 0 Å². The number of nitrogens with two attached hydrogens (primary N) is 2. The fraction of sp³-hybridized carbons (Fsp3) is 0.350. The molecule has 2 aromatic carbocycles. The molecule has 0 aliphatic carbocycles. The van der Waals surface area contributed by atoms with Crippen LogP contribution in [0.2, 0.25) is 5.02 Å². The number of halogens is 1. The zero-order valence-corrected chi connectivity index (χ0v) is 16.6. The fourth-order valence-electron chi connectivity index (χ4n) is 3.14. The third-order valence-corrected chi connectivity index (χ3v) is 4.98. The number of anilines is 2. The second-order valence-corrected chi connectivity index (χ2v) is 6.80. The highest BCUT2D eigenvalue weighted by Gasteiger charge is 2.23. The van der Waals surface area contributed by atoms with Gasteiger partial charge in [0.1, 0.15) is 0 Å². The number of nitrogens with zero attached hydrogens (tertiary/aromatic N) is 1. The Morgan fingerprint density at radius 1 is 1.33 bits per heavy atom. The zero-order valence-electron chi connectivity index (χ0n) is 15.8. The largest absolute Gasteiger partial charge is 0.466 e. The van der Waals surface area contributed by atoms with Crippen molar-refractivity contribution in [2.45, 2.75) is 32.8 Å².